The zero-order chi connectivity index (χ0) is 20.1. The number of aromatic nitrogens is 2. The highest BCUT2D eigenvalue weighted by Gasteiger charge is 2.23. The fourth-order valence-electron chi connectivity index (χ4n) is 2.73. The van der Waals surface area contributed by atoms with Crippen LogP contribution in [0.5, 0.6) is 0 Å². The summed E-state index contributed by atoms with van der Waals surface area (Å²) in [6.07, 6.45) is 2.96. The fourth-order valence-corrected chi connectivity index (χ4v) is 3.81. The minimum Gasteiger partial charge on any atom is -0.354 e. The van der Waals surface area contributed by atoms with Crippen molar-refractivity contribution in [3.63, 3.8) is 0 Å². The molecule has 27 heavy (non-hydrogen) atoms. The third-order valence-electron chi connectivity index (χ3n) is 3.82. The SMILES string of the molecule is CN=C(NCC(C)(C)NS(C)(=O)=O)N(C)Cc1ncc(-c2ccccc2)[nH]1. The molecule has 0 fully saturated rings. The second-order valence-electron chi connectivity index (χ2n) is 7.12. The lowest BCUT2D eigenvalue weighted by Gasteiger charge is -2.28. The first kappa shape index (κ1) is 20.9. The Labute approximate surface area is 161 Å². The van der Waals surface area contributed by atoms with Gasteiger partial charge in [-0.2, -0.15) is 0 Å². The number of imidazole rings is 1. The van der Waals surface area contributed by atoms with Crippen LogP contribution in [0.1, 0.15) is 19.7 Å². The van der Waals surface area contributed by atoms with Gasteiger partial charge in [-0.25, -0.2) is 18.1 Å². The molecule has 0 aliphatic heterocycles. The van der Waals surface area contributed by atoms with Gasteiger partial charge >= 0.3 is 0 Å². The molecule has 0 atom stereocenters. The van der Waals surface area contributed by atoms with E-state index >= 15 is 0 Å². The lowest BCUT2D eigenvalue weighted by Crippen LogP contribution is -2.53. The summed E-state index contributed by atoms with van der Waals surface area (Å²) in [4.78, 5) is 13.9. The van der Waals surface area contributed by atoms with Crippen LogP contribution in [-0.2, 0) is 16.6 Å². The molecule has 9 heteroatoms. The maximum Gasteiger partial charge on any atom is 0.209 e. The summed E-state index contributed by atoms with van der Waals surface area (Å²) in [5, 5.41) is 3.20. The Morgan fingerprint density at radius 1 is 1.30 bits per heavy atom. The molecule has 0 unspecified atom stereocenters. The van der Waals surface area contributed by atoms with Crippen LogP contribution in [-0.4, -0.2) is 61.7 Å². The second kappa shape index (κ2) is 8.53. The first-order chi connectivity index (χ1) is 12.6. The van der Waals surface area contributed by atoms with Crippen LogP contribution in [0.25, 0.3) is 11.3 Å². The van der Waals surface area contributed by atoms with E-state index in [9.17, 15) is 8.42 Å². The van der Waals surface area contributed by atoms with Crippen molar-refractivity contribution in [3.05, 3.63) is 42.4 Å². The van der Waals surface area contributed by atoms with Crippen LogP contribution in [0, 0.1) is 0 Å². The molecule has 0 aliphatic rings. The summed E-state index contributed by atoms with van der Waals surface area (Å²) in [7, 11) is 0.300. The monoisotopic (exact) mass is 392 g/mol. The van der Waals surface area contributed by atoms with E-state index in [-0.39, 0.29) is 0 Å². The molecule has 2 aromatic rings. The van der Waals surface area contributed by atoms with Crippen molar-refractivity contribution in [2.24, 2.45) is 4.99 Å². The minimum absolute atomic E-state index is 0.393. The molecule has 0 bridgehead atoms. The predicted molar refractivity (Wildman–Crippen MR) is 109 cm³/mol. The van der Waals surface area contributed by atoms with Crippen molar-refractivity contribution in [1.29, 1.82) is 0 Å². The molecule has 0 amide bonds. The molecule has 0 aliphatic carbocycles. The maximum atomic E-state index is 11.5. The molecule has 0 saturated heterocycles. The Morgan fingerprint density at radius 2 is 1.96 bits per heavy atom. The van der Waals surface area contributed by atoms with Gasteiger partial charge in [0.25, 0.3) is 0 Å². The summed E-state index contributed by atoms with van der Waals surface area (Å²) >= 11 is 0. The number of benzene rings is 1. The van der Waals surface area contributed by atoms with E-state index in [1.165, 1.54) is 0 Å². The van der Waals surface area contributed by atoms with Crippen LogP contribution < -0.4 is 10.0 Å². The highest BCUT2D eigenvalue weighted by molar-refractivity contribution is 7.88. The van der Waals surface area contributed by atoms with Gasteiger partial charge in [0, 0.05) is 26.2 Å². The van der Waals surface area contributed by atoms with E-state index < -0.39 is 15.6 Å². The summed E-state index contributed by atoms with van der Waals surface area (Å²) in [6, 6.07) is 10.0. The van der Waals surface area contributed by atoms with Crippen molar-refractivity contribution in [3.8, 4) is 11.3 Å². The smallest absolute Gasteiger partial charge is 0.209 e. The van der Waals surface area contributed by atoms with E-state index in [1.807, 2.05) is 62.3 Å². The van der Waals surface area contributed by atoms with E-state index in [1.54, 1.807) is 7.05 Å². The van der Waals surface area contributed by atoms with Gasteiger partial charge in [0.05, 0.1) is 24.7 Å². The van der Waals surface area contributed by atoms with Crippen LogP contribution >= 0.6 is 0 Å². The number of aromatic amines is 1. The first-order valence-corrected chi connectivity index (χ1v) is 10.5. The summed E-state index contributed by atoms with van der Waals surface area (Å²) < 4.78 is 25.5. The van der Waals surface area contributed by atoms with Gasteiger partial charge in [-0.15, -0.1) is 0 Å². The number of rotatable bonds is 7. The Balaban J connectivity index is 1.97. The summed E-state index contributed by atoms with van der Waals surface area (Å²) in [5.41, 5.74) is 1.39. The third kappa shape index (κ3) is 6.69. The molecular formula is C18H28N6O2S. The Kier molecular flexibility index (Phi) is 6.61. The first-order valence-electron chi connectivity index (χ1n) is 8.60. The van der Waals surface area contributed by atoms with Crippen LogP contribution in [0.3, 0.4) is 0 Å². The molecule has 0 saturated carbocycles. The fraction of sp³-hybridized carbons (Fsp3) is 0.444. The van der Waals surface area contributed by atoms with E-state index in [0.717, 1.165) is 23.3 Å². The van der Waals surface area contributed by atoms with Gasteiger partial charge in [-0.05, 0) is 19.4 Å². The molecule has 8 nitrogen and oxygen atoms in total. The molecular weight excluding hydrogens is 364 g/mol. The zero-order valence-corrected chi connectivity index (χ0v) is 17.3. The van der Waals surface area contributed by atoms with Gasteiger partial charge in [-0.3, -0.25) is 4.99 Å². The summed E-state index contributed by atoms with van der Waals surface area (Å²) in [5.74, 6) is 1.46. The van der Waals surface area contributed by atoms with Gasteiger partial charge in [-0.1, -0.05) is 30.3 Å². The molecule has 1 heterocycles. The number of H-pyrrole nitrogens is 1. The topological polar surface area (TPSA) is 102 Å². The molecule has 1 aromatic carbocycles. The van der Waals surface area contributed by atoms with Gasteiger partial charge in [0.2, 0.25) is 10.0 Å². The Hall–Kier alpha value is -2.39. The number of nitrogens with zero attached hydrogens (tertiary/aromatic N) is 3. The molecule has 0 spiro atoms. The predicted octanol–water partition coefficient (Wildman–Crippen LogP) is 1.41. The second-order valence-corrected chi connectivity index (χ2v) is 8.87. The lowest BCUT2D eigenvalue weighted by molar-refractivity contribution is 0.419. The van der Waals surface area contributed by atoms with Crippen LogP contribution in [0.15, 0.2) is 41.5 Å². The Morgan fingerprint density at radius 3 is 2.56 bits per heavy atom. The summed E-state index contributed by atoms with van der Waals surface area (Å²) in [6.45, 7) is 4.55. The molecule has 2 rings (SSSR count). The Bertz CT molecular complexity index is 874. The van der Waals surface area contributed by atoms with Crippen molar-refractivity contribution >= 4 is 16.0 Å². The van der Waals surface area contributed by atoms with Crippen molar-refractivity contribution < 1.29 is 8.42 Å². The molecule has 148 valence electrons. The molecule has 1 aromatic heterocycles. The van der Waals surface area contributed by atoms with Crippen molar-refractivity contribution in [1.82, 2.24) is 24.9 Å². The van der Waals surface area contributed by atoms with E-state index in [0.29, 0.717) is 19.0 Å². The third-order valence-corrected chi connectivity index (χ3v) is 4.75. The van der Waals surface area contributed by atoms with Gasteiger partial charge < -0.3 is 15.2 Å². The van der Waals surface area contributed by atoms with Gasteiger partial charge in [0.1, 0.15) is 5.82 Å². The number of hydrogen-bond donors (Lipinski definition) is 3. The largest absolute Gasteiger partial charge is 0.354 e. The minimum atomic E-state index is -3.29. The standard InChI is InChI=1S/C18H28N6O2S/c1-18(2,23-27(5,25)26)13-21-17(19-3)24(4)12-16-20-11-15(22-16)14-9-7-6-8-10-14/h6-11,23H,12-13H2,1-5H3,(H,19,21)(H,20,22). The number of hydrogen-bond acceptors (Lipinski definition) is 4. The average Bonchev–Trinajstić information content (AvgIpc) is 3.02. The molecule has 0 radical (unpaired) electrons. The number of sulfonamides is 1. The van der Waals surface area contributed by atoms with E-state index in [4.69, 9.17) is 0 Å². The van der Waals surface area contributed by atoms with Crippen molar-refractivity contribution in [2.75, 3.05) is 26.9 Å². The lowest BCUT2D eigenvalue weighted by atomic mass is 10.1. The van der Waals surface area contributed by atoms with Crippen LogP contribution in [0.4, 0.5) is 0 Å². The zero-order valence-electron chi connectivity index (χ0n) is 16.4. The highest BCUT2D eigenvalue weighted by Crippen LogP contribution is 2.16. The molecule has 3 N–H and O–H groups in total. The number of guanidine groups is 1. The number of nitrogens with one attached hydrogen (secondary N) is 3. The number of aliphatic imine (C=N–C) groups is 1. The van der Waals surface area contributed by atoms with E-state index in [2.05, 4.69) is 25.0 Å². The highest BCUT2D eigenvalue weighted by atomic mass is 32.2. The van der Waals surface area contributed by atoms with Crippen LogP contribution in [0.2, 0.25) is 0 Å². The van der Waals surface area contributed by atoms with Crippen molar-refractivity contribution in [2.45, 2.75) is 25.9 Å². The quantitative estimate of drug-likeness (QED) is 0.488. The average molecular weight is 393 g/mol. The maximum absolute atomic E-state index is 11.5. The van der Waals surface area contributed by atoms with Gasteiger partial charge in [0.15, 0.2) is 5.96 Å². The normalized spacial score (nSPS) is 12.9.